The summed E-state index contributed by atoms with van der Waals surface area (Å²) in [5.41, 5.74) is 3.82. The number of fused-ring (bicyclic) bond motifs is 2. The van der Waals surface area contributed by atoms with Crippen molar-refractivity contribution in [2.75, 3.05) is 26.2 Å². The van der Waals surface area contributed by atoms with Gasteiger partial charge in [0.1, 0.15) is 5.82 Å². The van der Waals surface area contributed by atoms with Crippen molar-refractivity contribution in [2.24, 2.45) is 0 Å². The van der Waals surface area contributed by atoms with Gasteiger partial charge in [-0.05, 0) is 48.7 Å². The van der Waals surface area contributed by atoms with Gasteiger partial charge in [-0.25, -0.2) is 4.39 Å². The Bertz CT molecular complexity index is 725. The first-order chi connectivity index (χ1) is 11.2. The number of hydrogen-bond donors (Lipinski definition) is 1. The van der Waals surface area contributed by atoms with Gasteiger partial charge in [0.05, 0.1) is 0 Å². The first-order valence-corrected chi connectivity index (χ1v) is 9.04. The Morgan fingerprint density at radius 3 is 2.70 bits per heavy atom. The van der Waals surface area contributed by atoms with E-state index in [0.29, 0.717) is 0 Å². The van der Waals surface area contributed by atoms with Crippen LogP contribution in [0.3, 0.4) is 0 Å². The third-order valence-corrected chi connectivity index (χ3v) is 5.98. The quantitative estimate of drug-likeness (QED) is 0.857. The molecule has 23 heavy (non-hydrogen) atoms. The van der Waals surface area contributed by atoms with Gasteiger partial charge >= 0.3 is 0 Å². The van der Waals surface area contributed by atoms with Crippen LogP contribution < -0.4 is 5.32 Å². The molecule has 4 heteroatoms. The van der Waals surface area contributed by atoms with E-state index in [0.717, 1.165) is 38.2 Å². The van der Waals surface area contributed by atoms with Gasteiger partial charge in [0.25, 0.3) is 0 Å². The predicted molar refractivity (Wildman–Crippen MR) is 92.6 cm³/mol. The topological polar surface area (TPSA) is 15.3 Å². The van der Waals surface area contributed by atoms with Gasteiger partial charge in [0, 0.05) is 42.0 Å². The molecular formula is C19H21FN2S. The third kappa shape index (κ3) is 3.03. The van der Waals surface area contributed by atoms with E-state index < -0.39 is 0 Å². The lowest BCUT2D eigenvalue weighted by molar-refractivity contribution is 0.170. The van der Waals surface area contributed by atoms with E-state index in [1.807, 2.05) is 6.07 Å². The van der Waals surface area contributed by atoms with Crippen LogP contribution in [0.2, 0.25) is 0 Å². The molecule has 0 bridgehead atoms. The molecule has 4 rings (SSSR count). The van der Waals surface area contributed by atoms with Crippen LogP contribution >= 0.6 is 11.8 Å². The molecule has 0 spiro atoms. The highest BCUT2D eigenvalue weighted by Gasteiger charge is 2.28. The SMILES string of the molecule is Cc1ccc2c(c1)C[C@H](N1CCNCC1)c1cc(F)ccc1S2. The van der Waals surface area contributed by atoms with Crippen molar-refractivity contribution in [3.63, 3.8) is 0 Å². The zero-order valence-electron chi connectivity index (χ0n) is 13.3. The van der Waals surface area contributed by atoms with Gasteiger partial charge < -0.3 is 5.32 Å². The van der Waals surface area contributed by atoms with Crippen LogP contribution in [0.15, 0.2) is 46.2 Å². The van der Waals surface area contributed by atoms with Gasteiger partial charge in [-0.3, -0.25) is 4.90 Å². The Morgan fingerprint density at radius 2 is 1.87 bits per heavy atom. The smallest absolute Gasteiger partial charge is 0.123 e. The average molecular weight is 328 g/mol. The molecule has 2 aromatic rings. The molecule has 1 fully saturated rings. The lowest BCUT2D eigenvalue weighted by Gasteiger charge is -2.35. The molecule has 1 atom stereocenters. The lowest BCUT2D eigenvalue weighted by atomic mass is 9.96. The molecule has 1 saturated heterocycles. The van der Waals surface area contributed by atoms with Crippen LogP contribution in [0.1, 0.15) is 22.7 Å². The summed E-state index contributed by atoms with van der Waals surface area (Å²) >= 11 is 1.78. The van der Waals surface area contributed by atoms with Crippen LogP contribution in [0.5, 0.6) is 0 Å². The molecule has 2 nitrogen and oxygen atoms in total. The third-order valence-electron chi connectivity index (χ3n) is 4.77. The maximum Gasteiger partial charge on any atom is 0.123 e. The molecule has 2 aromatic carbocycles. The zero-order valence-corrected chi connectivity index (χ0v) is 14.1. The zero-order chi connectivity index (χ0) is 15.8. The minimum absolute atomic E-state index is 0.133. The minimum Gasteiger partial charge on any atom is -0.314 e. The maximum absolute atomic E-state index is 13.9. The Balaban J connectivity index is 1.81. The maximum atomic E-state index is 13.9. The second-order valence-corrected chi connectivity index (χ2v) is 7.49. The van der Waals surface area contributed by atoms with Gasteiger partial charge in [0.2, 0.25) is 0 Å². The first-order valence-electron chi connectivity index (χ1n) is 8.22. The Morgan fingerprint density at radius 1 is 1.09 bits per heavy atom. The fourth-order valence-corrected chi connectivity index (χ4v) is 4.69. The lowest BCUT2D eigenvalue weighted by Crippen LogP contribution is -2.45. The standard InChI is InChI=1S/C19H21FN2S/c1-13-2-4-18-14(10-13)11-17(22-8-6-21-7-9-22)16-12-15(20)3-5-19(16)23-18/h2-5,10,12,17,21H,6-9,11H2,1H3/t17-/m0/s1. The summed E-state index contributed by atoms with van der Waals surface area (Å²) in [6.07, 6.45) is 0.959. The van der Waals surface area contributed by atoms with Crippen molar-refractivity contribution in [3.8, 4) is 0 Å². The highest BCUT2D eigenvalue weighted by molar-refractivity contribution is 7.99. The van der Waals surface area contributed by atoms with E-state index in [2.05, 4.69) is 35.3 Å². The molecule has 120 valence electrons. The van der Waals surface area contributed by atoms with Crippen molar-refractivity contribution >= 4 is 11.8 Å². The number of aryl methyl sites for hydroxylation is 1. The molecule has 1 N–H and O–H groups in total. The summed E-state index contributed by atoms with van der Waals surface area (Å²) in [6.45, 7) is 6.20. The Kier molecular flexibility index (Phi) is 4.14. The molecular weight excluding hydrogens is 307 g/mol. The van der Waals surface area contributed by atoms with E-state index >= 15 is 0 Å². The highest BCUT2D eigenvalue weighted by atomic mass is 32.2. The van der Waals surface area contributed by atoms with Crippen molar-refractivity contribution in [1.29, 1.82) is 0 Å². The summed E-state index contributed by atoms with van der Waals surface area (Å²) in [4.78, 5) is 5.01. The molecule has 2 aliphatic heterocycles. The summed E-state index contributed by atoms with van der Waals surface area (Å²) < 4.78 is 13.9. The largest absolute Gasteiger partial charge is 0.314 e. The number of hydrogen-bond acceptors (Lipinski definition) is 3. The second kappa shape index (κ2) is 6.27. The number of nitrogens with one attached hydrogen (secondary N) is 1. The van der Waals surface area contributed by atoms with E-state index in [1.165, 1.54) is 20.9 Å². The predicted octanol–water partition coefficient (Wildman–Crippen LogP) is 3.79. The van der Waals surface area contributed by atoms with E-state index in [4.69, 9.17) is 0 Å². The molecule has 0 radical (unpaired) electrons. The molecule has 0 aromatic heterocycles. The van der Waals surface area contributed by atoms with E-state index in [-0.39, 0.29) is 11.9 Å². The summed E-state index contributed by atoms with van der Waals surface area (Å²) in [6, 6.07) is 12.2. The first kappa shape index (κ1) is 15.2. The van der Waals surface area contributed by atoms with Crippen molar-refractivity contribution in [1.82, 2.24) is 10.2 Å². The highest BCUT2D eigenvalue weighted by Crippen LogP contribution is 2.43. The number of halogens is 1. The van der Waals surface area contributed by atoms with Gasteiger partial charge in [-0.1, -0.05) is 29.5 Å². The van der Waals surface area contributed by atoms with Crippen LogP contribution in [-0.4, -0.2) is 31.1 Å². The van der Waals surface area contributed by atoms with Crippen molar-refractivity contribution in [2.45, 2.75) is 29.2 Å². The Hall–Kier alpha value is -1.36. The molecule has 0 amide bonds. The van der Waals surface area contributed by atoms with Crippen molar-refractivity contribution in [3.05, 3.63) is 58.9 Å². The molecule has 0 unspecified atom stereocenters. The van der Waals surface area contributed by atoms with E-state index in [9.17, 15) is 4.39 Å². The summed E-state index contributed by atoms with van der Waals surface area (Å²) in [5, 5.41) is 3.41. The minimum atomic E-state index is -0.133. The van der Waals surface area contributed by atoms with Gasteiger partial charge in [0.15, 0.2) is 0 Å². The van der Waals surface area contributed by atoms with Crippen LogP contribution in [0, 0.1) is 12.7 Å². The molecule has 2 aliphatic rings. The van der Waals surface area contributed by atoms with Crippen LogP contribution in [0.4, 0.5) is 4.39 Å². The van der Waals surface area contributed by atoms with Crippen molar-refractivity contribution < 1.29 is 4.39 Å². The number of rotatable bonds is 1. The molecule has 0 saturated carbocycles. The summed E-state index contributed by atoms with van der Waals surface area (Å²) in [7, 11) is 0. The molecule has 2 heterocycles. The van der Waals surface area contributed by atoms with Crippen LogP contribution in [-0.2, 0) is 6.42 Å². The molecule has 0 aliphatic carbocycles. The summed E-state index contributed by atoms with van der Waals surface area (Å²) in [5.74, 6) is -0.133. The number of benzene rings is 2. The average Bonchev–Trinajstić information content (AvgIpc) is 2.72. The monoisotopic (exact) mass is 328 g/mol. The van der Waals surface area contributed by atoms with Gasteiger partial charge in [-0.15, -0.1) is 0 Å². The van der Waals surface area contributed by atoms with E-state index in [1.54, 1.807) is 23.9 Å². The number of nitrogens with zero attached hydrogens (tertiary/aromatic N) is 1. The van der Waals surface area contributed by atoms with Gasteiger partial charge in [-0.2, -0.15) is 0 Å². The fourth-order valence-electron chi connectivity index (χ4n) is 3.60. The second-order valence-electron chi connectivity index (χ2n) is 6.40. The Labute approximate surface area is 141 Å². The number of piperazine rings is 1. The van der Waals surface area contributed by atoms with Crippen LogP contribution in [0.25, 0.3) is 0 Å². The fraction of sp³-hybridized carbons (Fsp3) is 0.368. The normalized spacial score (nSPS) is 21.4.